The van der Waals surface area contributed by atoms with E-state index in [9.17, 15) is 0 Å². The molecule has 0 aliphatic heterocycles. The first-order valence-electron chi connectivity index (χ1n) is 6.33. The van der Waals surface area contributed by atoms with E-state index in [1.165, 1.54) is 36.2 Å². The van der Waals surface area contributed by atoms with Crippen LogP contribution in [-0.2, 0) is 19.4 Å². The van der Waals surface area contributed by atoms with Crippen LogP contribution in [-0.4, -0.2) is 4.98 Å². The molecule has 17 heavy (non-hydrogen) atoms. The molecule has 0 bridgehead atoms. The number of fused-ring (bicyclic) bond motifs is 1. The summed E-state index contributed by atoms with van der Waals surface area (Å²) in [6, 6.07) is 10.6. The second-order valence-electron chi connectivity index (χ2n) is 4.64. The summed E-state index contributed by atoms with van der Waals surface area (Å²) in [6.07, 6.45) is 8.95. The average molecular weight is 225 g/mol. The molecule has 0 fully saturated rings. The van der Waals surface area contributed by atoms with Crippen LogP contribution >= 0.6 is 0 Å². The summed E-state index contributed by atoms with van der Waals surface area (Å²) in [6.45, 7) is 0.964. The fourth-order valence-corrected chi connectivity index (χ4v) is 2.54. The predicted octanol–water partition coefficient (Wildman–Crippen LogP) is 2.30. The lowest BCUT2D eigenvalue weighted by Crippen LogP contribution is -2.41. The summed E-state index contributed by atoms with van der Waals surface area (Å²) >= 11 is 0. The molecule has 86 valence electrons. The summed E-state index contributed by atoms with van der Waals surface area (Å²) in [4.78, 5) is 4.50. The number of aromatic nitrogens is 2. The van der Waals surface area contributed by atoms with E-state index in [0.29, 0.717) is 0 Å². The summed E-state index contributed by atoms with van der Waals surface area (Å²) in [5.74, 6) is 0. The van der Waals surface area contributed by atoms with Crippen LogP contribution in [0.5, 0.6) is 0 Å². The van der Waals surface area contributed by atoms with Gasteiger partial charge in [-0.15, -0.1) is 0 Å². The Morgan fingerprint density at radius 2 is 1.88 bits per heavy atom. The predicted molar refractivity (Wildman–Crippen MR) is 66.6 cm³/mol. The lowest BCUT2D eigenvalue weighted by Gasteiger charge is -2.12. The molecule has 0 unspecified atom stereocenters. The third-order valence-corrected chi connectivity index (χ3v) is 3.43. The topological polar surface area (TPSA) is 16.8 Å². The molecule has 2 heteroatoms. The van der Waals surface area contributed by atoms with Crippen LogP contribution in [0.2, 0.25) is 0 Å². The third-order valence-electron chi connectivity index (χ3n) is 3.43. The van der Waals surface area contributed by atoms with Crippen LogP contribution in [0.3, 0.4) is 0 Å². The molecule has 0 amide bonds. The highest BCUT2D eigenvalue weighted by atomic mass is 15.0. The lowest BCUT2D eigenvalue weighted by molar-refractivity contribution is -0.697. The van der Waals surface area contributed by atoms with E-state index in [-0.39, 0.29) is 0 Å². The van der Waals surface area contributed by atoms with Crippen molar-refractivity contribution in [1.82, 2.24) is 4.98 Å². The van der Waals surface area contributed by atoms with Crippen LogP contribution in [0, 0.1) is 0 Å². The van der Waals surface area contributed by atoms with Gasteiger partial charge in [0.1, 0.15) is 5.69 Å². The van der Waals surface area contributed by atoms with Crippen molar-refractivity contribution in [1.29, 1.82) is 0 Å². The molecule has 0 saturated heterocycles. The normalized spacial score (nSPS) is 14.4. The summed E-state index contributed by atoms with van der Waals surface area (Å²) in [5, 5.41) is 0. The average Bonchev–Trinajstić information content (AvgIpc) is 2.40. The minimum Gasteiger partial charge on any atom is -0.249 e. The number of rotatable bonds is 2. The number of benzene rings is 1. The Hall–Kier alpha value is -1.70. The molecule has 0 saturated carbocycles. The molecule has 0 spiro atoms. The van der Waals surface area contributed by atoms with Crippen LogP contribution in [0.1, 0.15) is 29.8 Å². The Kier molecular flexibility index (Phi) is 2.87. The molecule has 0 N–H and O–H groups in total. The van der Waals surface area contributed by atoms with Crippen LogP contribution in [0.25, 0.3) is 0 Å². The lowest BCUT2D eigenvalue weighted by atomic mass is 10.00. The first-order chi connectivity index (χ1) is 8.43. The molecule has 1 aliphatic carbocycles. The van der Waals surface area contributed by atoms with Gasteiger partial charge in [-0.05, 0) is 19.3 Å². The van der Waals surface area contributed by atoms with Gasteiger partial charge in [-0.3, -0.25) is 0 Å². The Labute approximate surface area is 102 Å². The van der Waals surface area contributed by atoms with Crippen molar-refractivity contribution >= 4 is 0 Å². The quantitative estimate of drug-likeness (QED) is 0.717. The monoisotopic (exact) mass is 225 g/mol. The van der Waals surface area contributed by atoms with E-state index >= 15 is 0 Å². The van der Waals surface area contributed by atoms with Gasteiger partial charge in [0.2, 0.25) is 5.69 Å². The van der Waals surface area contributed by atoms with Gasteiger partial charge in [0, 0.05) is 12.0 Å². The Bertz CT molecular complexity index is 506. The fourth-order valence-electron chi connectivity index (χ4n) is 2.54. The van der Waals surface area contributed by atoms with Crippen molar-refractivity contribution in [3.63, 3.8) is 0 Å². The minimum absolute atomic E-state index is 0.964. The van der Waals surface area contributed by atoms with Gasteiger partial charge >= 0.3 is 0 Å². The molecule has 1 aliphatic rings. The molecule has 1 aromatic carbocycles. The molecule has 2 nitrogen and oxygen atoms in total. The highest BCUT2D eigenvalue weighted by Gasteiger charge is 2.20. The molecular formula is C15H17N2+. The van der Waals surface area contributed by atoms with Crippen LogP contribution in [0.4, 0.5) is 0 Å². The van der Waals surface area contributed by atoms with Gasteiger partial charge in [-0.25, -0.2) is 4.98 Å². The first-order valence-corrected chi connectivity index (χ1v) is 6.33. The number of hydrogen-bond acceptors (Lipinski definition) is 1. The van der Waals surface area contributed by atoms with E-state index in [4.69, 9.17) is 0 Å². The Morgan fingerprint density at radius 1 is 1.06 bits per heavy atom. The number of aryl methyl sites for hydroxylation is 1. The highest BCUT2D eigenvalue weighted by Crippen LogP contribution is 2.15. The maximum Gasteiger partial charge on any atom is 0.203 e. The standard InChI is InChI=1S/C15H17N2/c1-2-6-13(7-3-1)12-17-11-10-16-14-8-4-5-9-15(14)17/h1-3,6-7,10-11H,4-5,8-9,12H2/q+1. The van der Waals surface area contributed by atoms with Gasteiger partial charge < -0.3 is 0 Å². The van der Waals surface area contributed by atoms with Crippen molar-refractivity contribution in [2.75, 3.05) is 0 Å². The summed E-state index contributed by atoms with van der Waals surface area (Å²) in [5.41, 5.74) is 4.09. The van der Waals surface area contributed by atoms with Gasteiger partial charge in [-0.2, -0.15) is 4.57 Å². The van der Waals surface area contributed by atoms with Crippen LogP contribution < -0.4 is 4.57 Å². The van der Waals surface area contributed by atoms with Crippen LogP contribution in [0.15, 0.2) is 42.7 Å². The van der Waals surface area contributed by atoms with Gasteiger partial charge in [0.25, 0.3) is 0 Å². The molecular weight excluding hydrogens is 208 g/mol. The molecule has 0 radical (unpaired) electrons. The SMILES string of the molecule is c1ccc(C[n+]2ccnc3c2CCCC3)cc1. The smallest absolute Gasteiger partial charge is 0.203 e. The molecule has 2 aromatic rings. The highest BCUT2D eigenvalue weighted by molar-refractivity contribution is 5.14. The maximum atomic E-state index is 4.50. The largest absolute Gasteiger partial charge is 0.249 e. The van der Waals surface area contributed by atoms with E-state index in [1.807, 2.05) is 6.20 Å². The second-order valence-corrected chi connectivity index (χ2v) is 4.64. The van der Waals surface area contributed by atoms with Crippen molar-refractivity contribution in [3.05, 3.63) is 59.7 Å². The van der Waals surface area contributed by atoms with Gasteiger partial charge in [-0.1, -0.05) is 30.3 Å². The maximum absolute atomic E-state index is 4.50. The first kappa shape index (κ1) is 10.5. The summed E-state index contributed by atoms with van der Waals surface area (Å²) in [7, 11) is 0. The van der Waals surface area contributed by atoms with E-state index in [1.54, 1.807) is 0 Å². The third kappa shape index (κ3) is 2.21. The van der Waals surface area contributed by atoms with E-state index < -0.39 is 0 Å². The zero-order chi connectivity index (χ0) is 11.5. The van der Waals surface area contributed by atoms with Gasteiger partial charge in [0.15, 0.2) is 12.7 Å². The van der Waals surface area contributed by atoms with E-state index in [0.717, 1.165) is 13.0 Å². The van der Waals surface area contributed by atoms with Crippen molar-refractivity contribution in [2.45, 2.75) is 32.2 Å². The second kappa shape index (κ2) is 4.66. The number of nitrogens with zero attached hydrogens (tertiary/aromatic N) is 2. The molecule has 3 rings (SSSR count). The van der Waals surface area contributed by atoms with E-state index in [2.05, 4.69) is 46.1 Å². The van der Waals surface area contributed by atoms with Gasteiger partial charge in [0.05, 0.1) is 6.20 Å². The number of hydrogen-bond donors (Lipinski definition) is 0. The summed E-state index contributed by atoms with van der Waals surface area (Å²) < 4.78 is 2.36. The zero-order valence-corrected chi connectivity index (χ0v) is 9.97. The van der Waals surface area contributed by atoms with Crippen molar-refractivity contribution in [2.24, 2.45) is 0 Å². The Balaban J connectivity index is 1.93. The fraction of sp³-hybridized carbons (Fsp3) is 0.333. The van der Waals surface area contributed by atoms with Crippen molar-refractivity contribution in [3.8, 4) is 0 Å². The minimum atomic E-state index is 0.964. The zero-order valence-electron chi connectivity index (χ0n) is 9.97. The molecule has 1 aromatic heterocycles. The Morgan fingerprint density at radius 3 is 2.76 bits per heavy atom. The molecule has 0 atom stereocenters. The van der Waals surface area contributed by atoms with Crippen molar-refractivity contribution < 1.29 is 4.57 Å². The molecule has 1 heterocycles.